The third-order valence-corrected chi connectivity index (χ3v) is 5.74. The maximum Gasteiger partial charge on any atom is 0.256 e. The Labute approximate surface area is 129 Å². The first-order valence-corrected chi connectivity index (χ1v) is 9.28. The summed E-state index contributed by atoms with van der Waals surface area (Å²) in [6.45, 7) is 4.47. The normalized spacial score (nSPS) is 20.6. The van der Waals surface area contributed by atoms with Crippen LogP contribution in [0, 0.1) is 6.92 Å². The molecule has 0 bridgehead atoms. The number of hydrogen-bond donors (Lipinski definition) is 1. The highest BCUT2D eigenvalue weighted by molar-refractivity contribution is 7.91. The van der Waals surface area contributed by atoms with Gasteiger partial charge in [-0.25, -0.2) is 8.42 Å². The van der Waals surface area contributed by atoms with Crippen LogP contribution >= 0.6 is 11.6 Å². The van der Waals surface area contributed by atoms with Crippen LogP contribution in [0.15, 0.2) is 0 Å². The fourth-order valence-electron chi connectivity index (χ4n) is 2.43. The Hall–Kier alpha value is -1.08. The molecule has 0 radical (unpaired) electrons. The lowest BCUT2D eigenvalue weighted by Crippen LogP contribution is -2.35. The van der Waals surface area contributed by atoms with E-state index in [-0.39, 0.29) is 23.5 Å². The van der Waals surface area contributed by atoms with Crippen molar-refractivity contribution in [3.8, 4) is 0 Å². The summed E-state index contributed by atoms with van der Waals surface area (Å²) in [4.78, 5) is 12.3. The minimum Gasteiger partial charge on any atom is -0.348 e. The molecular weight excluding hydrogens is 314 g/mol. The molecular formula is C13H20ClN3O3S. The standard InChI is InChI=1S/C13H20ClN3O3S/c1-3-4-6-17-12(14)11(9(2)16-17)13(18)15-10-5-7-21(19,20)8-10/h10H,3-8H2,1-2H3,(H,15,18)/t10-/m0/s1. The summed E-state index contributed by atoms with van der Waals surface area (Å²) in [6.07, 6.45) is 2.40. The molecule has 1 aromatic heterocycles. The Morgan fingerprint density at radius 1 is 1.52 bits per heavy atom. The molecule has 1 aliphatic heterocycles. The summed E-state index contributed by atoms with van der Waals surface area (Å²) in [5, 5.41) is 7.34. The number of sulfone groups is 1. The van der Waals surface area contributed by atoms with Crippen molar-refractivity contribution in [3.05, 3.63) is 16.4 Å². The third-order valence-electron chi connectivity index (χ3n) is 3.58. The highest BCUT2D eigenvalue weighted by atomic mass is 35.5. The SMILES string of the molecule is CCCCn1nc(C)c(C(=O)N[C@H]2CCS(=O)(=O)C2)c1Cl. The van der Waals surface area contributed by atoms with Gasteiger partial charge in [-0.15, -0.1) is 0 Å². The lowest BCUT2D eigenvalue weighted by molar-refractivity contribution is 0.0940. The summed E-state index contributed by atoms with van der Waals surface area (Å²) >= 11 is 6.22. The summed E-state index contributed by atoms with van der Waals surface area (Å²) in [7, 11) is -3.02. The van der Waals surface area contributed by atoms with Crippen LogP contribution in [-0.4, -0.2) is 41.7 Å². The summed E-state index contributed by atoms with van der Waals surface area (Å²) in [6, 6.07) is -0.336. The molecule has 0 saturated carbocycles. The molecule has 2 rings (SSSR count). The van der Waals surface area contributed by atoms with Gasteiger partial charge >= 0.3 is 0 Å². The van der Waals surface area contributed by atoms with Crippen LogP contribution in [0.1, 0.15) is 42.2 Å². The molecule has 1 fully saturated rings. The molecule has 1 N–H and O–H groups in total. The fraction of sp³-hybridized carbons (Fsp3) is 0.692. The van der Waals surface area contributed by atoms with Gasteiger partial charge in [-0.3, -0.25) is 9.48 Å². The van der Waals surface area contributed by atoms with E-state index in [0.717, 1.165) is 12.8 Å². The summed E-state index contributed by atoms with van der Waals surface area (Å²) < 4.78 is 24.5. The van der Waals surface area contributed by atoms with Crippen molar-refractivity contribution < 1.29 is 13.2 Å². The van der Waals surface area contributed by atoms with Crippen molar-refractivity contribution >= 4 is 27.3 Å². The number of carbonyl (C=O) groups excluding carboxylic acids is 1. The van der Waals surface area contributed by atoms with Gasteiger partial charge in [0.05, 0.1) is 22.8 Å². The average molecular weight is 334 g/mol. The number of rotatable bonds is 5. The van der Waals surface area contributed by atoms with Crippen molar-refractivity contribution in [1.82, 2.24) is 15.1 Å². The van der Waals surface area contributed by atoms with Gasteiger partial charge in [0.1, 0.15) is 5.15 Å². The zero-order valence-corrected chi connectivity index (χ0v) is 13.8. The monoisotopic (exact) mass is 333 g/mol. The molecule has 0 aromatic carbocycles. The van der Waals surface area contributed by atoms with E-state index < -0.39 is 9.84 Å². The number of aryl methyl sites for hydroxylation is 2. The first kappa shape index (κ1) is 16.3. The minimum absolute atomic E-state index is 0.000617. The van der Waals surface area contributed by atoms with Gasteiger partial charge in [-0.1, -0.05) is 24.9 Å². The van der Waals surface area contributed by atoms with E-state index in [2.05, 4.69) is 17.3 Å². The molecule has 1 saturated heterocycles. The van der Waals surface area contributed by atoms with Crippen LogP contribution in [-0.2, 0) is 16.4 Å². The number of aromatic nitrogens is 2. The van der Waals surface area contributed by atoms with E-state index in [4.69, 9.17) is 11.6 Å². The number of nitrogens with one attached hydrogen (secondary N) is 1. The van der Waals surface area contributed by atoms with Crippen molar-refractivity contribution in [2.24, 2.45) is 0 Å². The topological polar surface area (TPSA) is 81.1 Å². The van der Waals surface area contributed by atoms with Gasteiger partial charge in [0.15, 0.2) is 9.84 Å². The average Bonchev–Trinajstić information content (AvgIpc) is 2.86. The van der Waals surface area contributed by atoms with Crippen LogP contribution in [0.4, 0.5) is 0 Å². The largest absolute Gasteiger partial charge is 0.348 e. The van der Waals surface area contributed by atoms with E-state index in [9.17, 15) is 13.2 Å². The molecule has 1 atom stereocenters. The molecule has 0 spiro atoms. The van der Waals surface area contributed by atoms with Crippen molar-refractivity contribution in [1.29, 1.82) is 0 Å². The zero-order chi connectivity index (χ0) is 15.6. The van der Waals surface area contributed by atoms with Gasteiger partial charge in [0.25, 0.3) is 5.91 Å². The van der Waals surface area contributed by atoms with Crippen LogP contribution in [0.2, 0.25) is 5.15 Å². The summed E-state index contributed by atoms with van der Waals surface area (Å²) in [5.74, 6) is -0.220. The van der Waals surface area contributed by atoms with Crippen LogP contribution in [0.25, 0.3) is 0 Å². The van der Waals surface area contributed by atoms with E-state index >= 15 is 0 Å². The van der Waals surface area contributed by atoms with Gasteiger partial charge in [0.2, 0.25) is 0 Å². The Balaban J connectivity index is 2.11. The van der Waals surface area contributed by atoms with E-state index in [1.165, 1.54) is 0 Å². The van der Waals surface area contributed by atoms with E-state index in [0.29, 0.717) is 29.4 Å². The van der Waals surface area contributed by atoms with Crippen LogP contribution in [0.3, 0.4) is 0 Å². The molecule has 21 heavy (non-hydrogen) atoms. The van der Waals surface area contributed by atoms with Crippen LogP contribution in [0.5, 0.6) is 0 Å². The molecule has 0 aliphatic carbocycles. The van der Waals surface area contributed by atoms with Crippen LogP contribution < -0.4 is 5.32 Å². The predicted molar refractivity (Wildman–Crippen MR) is 81.4 cm³/mol. The lowest BCUT2D eigenvalue weighted by Gasteiger charge is -2.10. The lowest BCUT2D eigenvalue weighted by atomic mass is 10.2. The first-order valence-electron chi connectivity index (χ1n) is 7.08. The van der Waals surface area contributed by atoms with Crippen molar-refractivity contribution in [2.75, 3.05) is 11.5 Å². The number of halogens is 1. The Morgan fingerprint density at radius 3 is 2.81 bits per heavy atom. The van der Waals surface area contributed by atoms with E-state index in [1.54, 1.807) is 11.6 Å². The van der Waals surface area contributed by atoms with Crippen molar-refractivity contribution in [2.45, 2.75) is 45.7 Å². The number of carbonyl (C=O) groups is 1. The number of amides is 1. The summed E-state index contributed by atoms with van der Waals surface area (Å²) in [5.41, 5.74) is 0.909. The number of unbranched alkanes of at least 4 members (excludes halogenated alkanes) is 1. The zero-order valence-electron chi connectivity index (χ0n) is 12.2. The van der Waals surface area contributed by atoms with Gasteiger partial charge in [0, 0.05) is 12.6 Å². The minimum atomic E-state index is -3.02. The molecule has 2 heterocycles. The number of hydrogen-bond acceptors (Lipinski definition) is 4. The second-order valence-corrected chi connectivity index (χ2v) is 7.99. The first-order chi connectivity index (χ1) is 9.84. The second-order valence-electron chi connectivity index (χ2n) is 5.40. The molecule has 1 amide bonds. The molecule has 1 aromatic rings. The highest BCUT2D eigenvalue weighted by Crippen LogP contribution is 2.21. The Bertz CT molecular complexity index is 639. The molecule has 1 aliphatic rings. The molecule has 118 valence electrons. The van der Waals surface area contributed by atoms with Crippen molar-refractivity contribution in [3.63, 3.8) is 0 Å². The maximum atomic E-state index is 12.3. The molecule has 6 nitrogen and oxygen atoms in total. The third kappa shape index (κ3) is 3.77. The number of nitrogens with zero attached hydrogens (tertiary/aromatic N) is 2. The van der Waals surface area contributed by atoms with Gasteiger partial charge in [-0.2, -0.15) is 5.10 Å². The maximum absolute atomic E-state index is 12.3. The second kappa shape index (κ2) is 6.36. The van der Waals surface area contributed by atoms with Gasteiger partial charge in [-0.05, 0) is 19.8 Å². The Kier molecular flexibility index (Phi) is 4.93. The quantitative estimate of drug-likeness (QED) is 0.886. The van der Waals surface area contributed by atoms with E-state index in [1.807, 2.05) is 0 Å². The molecule has 0 unspecified atom stereocenters. The predicted octanol–water partition coefficient (Wildman–Crippen LogP) is 1.56. The Morgan fingerprint density at radius 2 is 2.24 bits per heavy atom. The smallest absolute Gasteiger partial charge is 0.256 e. The highest BCUT2D eigenvalue weighted by Gasteiger charge is 2.30. The molecule has 8 heteroatoms. The fourth-order valence-corrected chi connectivity index (χ4v) is 4.45. The van der Waals surface area contributed by atoms with Gasteiger partial charge < -0.3 is 5.32 Å².